The third-order valence-corrected chi connectivity index (χ3v) is 6.59. The van der Waals surface area contributed by atoms with Crippen LogP contribution in [0.1, 0.15) is 47.2 Å². The Bertz CT molecular complexity index is 853. The summed E-state index contributed by atoms with van der Waals surface area (Å²) in [6, 6.07) is 13.7. The lowest BCUT2D eigenvalue weighted by Crippen LogP contribution is -2.43. The highest BCUT2D eigenvalue weighted by molar-refractivity contribution is 5.85. The molecule has 0 radical (unpaired) electrons. The molecular formula is C24H31ClN2O3. The first-order valence-corrected chi connectivity index (χ1v) is 10.5. The molecule has 2 aromatic carbocycles. The molecule has 0 saturated carbocycles. The van der Waals surface area contributed by atoms with Crippen LogP contribution in [0, 0.1) is 12.8 Å². The van der Waals surface area contributed by atoms with Crippen LogP contribution in [0.3, 0.4) is 0 Å². The molecule has 0 bridgehead atoms. The van der Waals surface area contributed by atoms with Gasteiger partial charge >= 0.3 is 0 Å². The fraction of sp³-hybridized carbons (Fsp3) is 0.458. The fourth-order valence-corrected chi connectivity index (χ4v) is 4.87. The Balaban J connectivity index is 0.00000256. The van der Waals surface area contributed by atoms with E-state index in [1.54, 1.807) is 0 Å². The van der Waals surface area contributed by atoms with Gasteiger partial charge in [-0.25, -0.2) is 0 Å². The number of hydrogen-bond acceptors (Lipinski definition) is 5. The second-order valence-corrected chi connectivity index (χ2v) is 8.27. The van der Waals surface area contributed by atoms with Crippen molar-refractivity contribution in [3.63, 3.8) is 0 Å². The van der Waals surface area contributed by atoms with Crippen molar-refractivity contribution in [2.75, 3.05) is 19.6 Å². The molecule has 3 unspecified atom stereocenters. The van der Waals surface area contributed by atoms with Gasteiger partial charge in [-0.1, -0.05) is 42.5 Å². The molecule has 0 amide bonds. The molecule has 0 aromatic heterocycles. The zero-order valence-electron chi connectivity index (χ0n) is 17.4. The zero-order chi connectivity index (χ0) is 20.4. The van der Waals surface area contributed by atoms with E-state index in [1.165, 1.54) is 0 Å². The molecule has 4 rings (SSSR count). The number of carbonyl (C=O) groups is 1. The maximum Gasteiger partial charge on any atom is 0.141 e. The van der Waals surface area contributed by atoms with Gasteiger partial charge in [0, 0.05) is 18.5 Å². The summed E-state index contributed by atoms with van der Waals surface area (Å²) < 4.78 is 6.38. The summed E-state index contributed by atoms with van der Waals surface area (Å²) >= 11 is 0. The Labute approximate surface area is 184 Å². The Morgan fingerprint density at radius 1 is 1.20 bits per heavy atom. The minimum Gasteiger partial charge on any atom is -0.507 e. The monoisotopic (exact) mass is 430 g/mol. The fourth-order valence-electron chi connectivity index (χ4n) is 4.87. The van der Waals surface area contributed by atoms with Gasteiger partial charge in [-0.15, -0.1) is 12.4 Å². The summed E-state index contributed by atoms with van der Waals surface area (Å²) in [5.41, 5.74) is 9.95. The van der Waals surface area contributed by atoms with Crippen LogP contribution >= 0.6 is 12.4 Å². The number of halogens is 1. The number of carbonyl (C=O) groups excluding carboxylic acids is 1. The molecule has 2 aliphatic rings. The van der Waals surface area contributed by atoms with E-state index in [2.05, 4.69) is 4.90 Å². The summed E-state index contributed by atoms with van der Waals surface area (Å²) in [4.78, 5) is 14.0. The van der Waals surface area contributed by atoms with Crippen LogP contribution in [-0.4, -0.2) is 42.0 Å². The van der Waals surface area contributed by atoms with Gasteiger partial charge in [0.2, 0.25) is 0 Å². The van der Waals surface area contributed by atoms with Crippen molar-refractivity contribution >= 4 is 18.7 Å². The van der Waals surface area contributed by atoms with Crippen LogP contribution in [0.5, 0.6) is 5.75 Å². The third kappa shape index (κ3) is 4.40. The smallest absolute Gasteiger partial charge is 0.141 e. The van der Waals surface area contributed by atoms with Crippen molar-refractivity contribution in [1.82, 2.24) is 4.90 Å². The highest BCUT2D eigenvalue weighted by Crippen LogP contribution is 2.40. The molecule has 0 aliphatic carbocycles. The normalized spacial score (nSPS) is 23.3. The molecule has 1 saturated heterocycles. The van der Waals surface area contributed by atoms with E-state index in [0.29, 0.717) is 18.2 Å². The lowest BCUT2D eigenvalue weighted by atomic mass is 9.82. The van der Waals surface area contributed by atoms with Crippen LogP contribution in [0.4, 0.5) is 0 Å². The van der Waals surface area contributed by atoms with Gasteiger partial charge in [0.15, 0.2) is 0 Å². The second-order valence-electron chi connectivity index (χ2n) is 8.27. The molecule has 162 valence electrons. The van der Waals surface area contributed by atoms with Gasteiger partial charge < -0.3 is 20.4 Å². The largest absolute Gasteiger partial charge is 0.507 e. The summed E-state index contributed by atoms with van der Waals surface area (Å²) in [6.45, 7) is 4.07. The van der Waals surface area contributed by atoms with E-state index in [-0.39, 0.29) is 30.7 Å². The number of phenolic OH excluding ortho intramolecular Hbond substituents is 1. The maximum absolute atomic E-state index is 11.8. The van der Waals surface area contributed by atoms with Crippen molar-refractivity contribution in [3.05, 3.63) is 64.7 Å². The second kappa shape index (κ2) is 9.92. The molecule has 2 aromatic rings. The number of piperidine rings is 1. The molecule has 3 atom stereocenters. The Kier molecular flexibility index (Phi) is 7.53. The zero-order valence-corrected chi connectivity index (χ0v) is 18.2. The van der Waals surface area contributed by atoms with Crippen LogP contribution in [0.2, 0.25) is 0 Å². The molecule has 3 N–H and O–H groups in total. The average Bonchev–Trinajstić information content (AvgIpc) is 2.77. The van der Waals surface area contributed by atoms with Crippen molar-refractivity contribution < 1.29 is 14.6 Å². The number of aromatic hydroxyl groups is 1. The lowest BCUT2D eigenvalue weighted by Gasteiger charge is -2.41. The highest BCUT2D eigenvalue weighted by atomic mass is 35.5. The number of phenols is 1. The van der Waals surface area contributed by atoms with E-state index in [4.69, 9.17) is 10.5 Å². The molecule has 1 fully saturated rings. The number of fused-ring (bicyclic) bond motifs is 1. The first kappa shape index (κ1) is 22.8. The first-order valence-electron chi connectivity index (χ1n) is 10.5. The van der Waals surface area contributed by atoms with Crippen LogP contribution < -0.4 is 5.73 Å². The van der Waals surface area contributed by atoms with E-state index in [9.17, 15) is 9.90 Å². The van der Waals surface area contributed by atoms with Gasteiger partial charge in [0.05, 0.1) is 18.2 Å². The van der Waals surface area contributed by atoms with Gasteiger partial charge in [-0.05, 0) is 55.5 Å². The number of ether oxygens (including phenoxy) is 1. The molecule has 2 heterocycles. The highest BCUT2D eigenvalue weighted by Gasteiger charge is 2.36. The number of nitrogens with zero attached hydrogens (tertiary/aromatic N) is 1. The molecular weight excluding hydrogens is 400 g/mol. The molecule has 6 heteroatoms. The van der Waals surface area contributed by atoms with Gasteiger partial charge in [0.25, 0.3) is 0 Å². The number of benzene rings is 2. The minimum absolute atomic E-state index is 0. The summed E-state index contributed by atoms with van der Waals surface area (Å²) in [6.07, 6.45) is 3.61. The summed E-state index contributed by atoms with van der Waals surface area (Å²) in [5, 5.41) is 10.6. The Morgan fingerprint density at radius 2 is 1.90 bits per heavy atom. The quantitative estimate of drug-likeness (QED) is 0.707. The first-order chi connectivity index (χ1) is 14.1. The summed E-state index contributed by atoms with van der Waals surface area (Å²) in [5.74, 6) is 0.785. The standard InChI is InChI=1S/C24H30N2O3.ClH/c1-16-7-8-19-20(24(16)28)13-22(29-23(19)14-25)18-9-11-26(12-10-18)21(15-27)17-5-3-2-4-6-17;/h2-8,15,18,21-23,28H,9-14,25H2,1H3;1H. The number of aryl methyl sites for hydroxylation is 1. The van der Waals surface area contributed by atoms with Gasteiger partial charge in [0.1, 0.15) is 12.0 Å². The molecule has 0 spiro atoms. The lowest BCUT2D eigenvalue weighted by molar-refractivity contribution is -0.114. The van der Waals surface area contributed by atoms with Crippen molar-refractivity contribution in [3.8, 4) is 5.75 Å². The van der Waals surface area contributed by atoms with E-state index in [0.717, 1.165) is 60.9 Å². The maximum atomic E-state index is 11.8. The van der Waals surface area contributed by atoms with E-state index in [1.807, 2.05) is 49.4 Å². The Hall–Kier alpha value is -1.92. The van der Waals surface area contributed by atoms with Gasteiger partial charge in [-0.3, -0.25) is 4.90 Å². The predicted octanol–water partition coefficient (Wildman–Crippen LogP) is 3.72. The number of aldehydes is 1. The molecule has 2 aliphatic heterocycles. The number of rotatable bonds is 5. The van der Waals surface area contributed by atoms with Crippen LogP contribution in [0.25, 0.3) is 0 Å². The third-order valence-electron chi connectivity index (χ3n) is 6.59. The van der Waals surface area contributed by atoms with E-state index < -0.39 is 0 Å². The predicted molar refractivity (Wildman–Crippen MR) is 120 cm³/mol. The van der Waals surface area contributed by atoms with Crippen molar-refractivity contribution in [2.45, 2.75) is 44.4 Å². The van der Waals surface area contributed by atoms with Crippen LogP contribution in [0.15, 0.2) is 42.5 Å². The van der Waals surface area contributed by atoms with E-state index >= 15 is 0 Å². The van der Waals surface area contributed by atoms with Crippen molar-refractivity contribution in [1.29, 1.82) is 0 Å². The minimum atomic E-state index is -0.186. The molecule has 30 heavy (non-hydrogen) atoms. The van der Waals surface area contributed by atoms with Gasteiger partial charge in [-0.2, -0.15) is 0 Å². The topological polar surface area (TPSA) is 75.8 Å². The SMILES string of the molecule is Cc1ccc2c(c1O)CC(C1CCN(C(C=O)c3ccccc3)CC1)OC2CN.Cl. The number of likely N-dealkylation sites (tertiary alicyclic amines) is 1. The average molecular weight is 431 g/mol. The van der Waals surface area contributed by atoms with Crippen molar-refractivity contribution in [2.24, 2.45) is 11.7 Å². The number of nitrogens with two attached hydrogens (primary N) is 1. The number of hydrogen-bond donors (Lipinski definition) is 2. The summed E-state index contributed by atoms with van der Waals surface area (Å²) in [7, 11) is 0. The molecule has 5 nitrogen and oxygen atoms in total. The Morgan fingerprint density at radius 3 is 2.53 bits per heavy atom. The van der Waals surface area contributed by atoms with Crippen LogP contribution in [-0.2, 0) is 16.0 Å².